The monoisotopic (exact) mass is 611 g/mol. The number of anilines is 2. The first-order valence-electron chi connectivity index (χ1n) is 11.6. The van der Waals surface area contributed by atoms with Gasteiger partial charge in [0, 0.05) is 10.7 Å². The molecule has 1 aliphatic rings. The Kier molecular flexibility index (Phi) is 8.37. The highest BCUT2D eigenvalue weighted by Crippen LogP contribution is 2.38. The van der Waals surface area contributed by atoms with E-state index < -0.39 is 17.8 Å². The van der Waals surface area contributed by atoms with Gasteiger partial charge in [-0.1, -0.05) is 35.9 Å². The zero-order valence-electron chi connectivity index (χ0n) is 21.1. The third kappa shape index (κ3) is 5.97. The number of imide groups is 2. The Morgan fingerprint density at radius 1 is 1.10 bits per heavy atom. The van der Waals surface area contributed by atoms with E-state index in [9.17, 15) is 19.2 Å². The smallest absolute Gasteiger partial charge is 0.335 e. The molecule has 1 heterocycles. The molecule has 200 valence electrons. The number of urea groups is 1. The molecule has 0 atom stereocenters. The maximum absolute atomic E-state index is 13.3. The van der Waals surface area contributed by atoms with Crippen molar-refractivity contribution < 1.29 is 28.7 Å². The molecule has 1 aliphatic heterocycles. The van der Waals surface area contributed by atoms with Gasteiger partial charge >= 0.3 is 6.03 Å². The van der Waals surface area contributed by atoms with Crippen LogP contribution in [0.4, 0.5) is 16.2 Å². The van der Waals surface area contributed by atoms with E-state index in [1.54, 1.807) is 37.3 Å². The second-order valence-corrected chi connectivity index (χ2v) is 9.79. The Morgan fingerprint density at radius 3 is 2.56 bits per heavy atom. The minimum atomic E-state index is -0.876. The van der Waals surface area contributed by atoms with Gasteiger partial charge in [0.1, 0.15) is 5.57 Å². The summed E-state index contributed by atoms with van der Waals surface area (Å²) < 4.78 is 11.6. The topological polar surface area (TPSA) is 114 Å². The minimum Gasteiger partial charge on any atom is -0.493 e. The summed E-state index contributed by atoms with van der Waals surface area (Å²) >= 11 is 9.58. The number of carbonyl (C=O) groups excluding carboxylic acids is 4. The second kappa shape index (κ2) is 11.7. The number of carbonyl (C=O) groups is 4. The summed E-state index contributed by atoms with van der Waals surface area (Å²) in [6, 6.07) is 14.4. The van der Waals surface area contributed by atoms with Gasteiger partial charge in [-0.2, -0.15) is 0 Å². The molecular weight excluding hydrogens is 590 g/mol. The Labute approximate surface area is 237 Å². The number of para-hydroxylation sites is 1. The van der Waals surface area contributed by atoms with Crippen LogP contribution in [0.1, 0.15) is 16.7 Å². The summed E-state index contributed by atoms with van der Waals surface area (Å²) in [5, 5.41) is 5.35. The average molecular weight is 613 g/mol. The van der Waals surface area contributed by atoms with Crippen molar-refractivity contribution in [2.45, 2.75) is 13.8 Å². The number of benzene rings is 3. The van der Waals surface area contributed by atoms with Crippen LogP contribution in [0.15, 0.2) is 64.6 Å². The molecule has 2 N–H and O–H groups in total. The van der Waals surface area contributed by atoms with E-state index >= 15 is 0 Å². The molecule has 1 saturated heterocycles. The summed E-state index contributed by atoms with van der Waals surface area (Å²) in [7, 11) is 1.42. The Balaban J connectivity index is 1.58. The maximum Gasteiger partial charge on any atom is 0.335 e. The van der Waals surface area contributed by atoms with Gasteiger partial charge in [-0.15, -0.1) is 0 Å². The van der Waals surface area contributed by atoms with Crippen molar-refractivity contribution in [1.29, 1.82) is 0 Å². The van der Waals surface area contributed by atoms with Crippen LogP contribution >= 0.6 is 27.5 Å². The lowest BCUT2D eigenvalue weighted by atomic mass is 10.1. The Hall–Kier alpha value is -4.15. The quantitative estimate of drug-likeness (QED) is 0.272. The van der Waals surface area contributed by atoms with Crippen molar-refractivity contribution in [3.63, 3.8) is 0 Å². The molecule has 1 fully saturated rings. The number of amides is 5. The van der Waals surface area contributed by atoms with Gasteiger partial charge in [0.05, 0.1) is 17.3 Å². The van der Waals surface area contributed by atoms with Crippen molar-refractivity contribution >= 4 is 68.7 Å². The predicted molar refractivity (Wildman–Crippen MR) is 151 cm³/mol. The van der Waals surface area contributed by atoms with Crippen LogP contribution in [0.3, 0.4) is 0 Å². The van der Waals surface area contributed by atoms with E-state index in [4.69, 9.17) is 21.1 Å². The van der Waals surface area contributed by atoms with E-state index in [-0.39, 0.29) is 35.3 Å². The van der Waals surface area contributed by atoms with Crippen LogP contribution in [0.2, 0.25) is 5.02 Å². The fourth-order valence-electron chi connectivity index (χ4n) is 3.88. The molecule has 0 unspecified atom stereocenters. The summed E-state index contributed by atoms with van der Waals surface area (Å²) in [5.74, 6) is -1.51. The molecule has 5 amide bonds. The number of aryl methyl sites for hydroxylation is 1. The van der Waals surface area contributed by atoms with Crippen molar-refractivity contribution in [2.75, 3.05) is 23.9 Å². The van der Waals surface area contributed by atoms with Gasteiger partial charge in [0.15, 0.2) is 18.1 Å². The zero-order chi connectivity index (χ0) is 28.3. The van der Waals surface area contributed by atoms with Crippen LogP contribution in [0, 0.1) is 13.8 Å². The molecule has 0 saturated carbocycles. The van der Waals surface area contributed by atoms with Gasteiger partial charge < -0.3 is 14.8 Å². The summed E-state index contributed by atoms with van der Waals surface area (Å²) in [5.41, 5.74) is 2.49. The largest absolute Gasteiger partial charge is 0.493 e. The Bertz CT molecular complexity index is 1540. The van der Waals surface area contributed by atoms with Gasteiger partial charge in [0.25, 0.3) is 17.7 Å². The SMILES string of the molecule is COc1cc(/C=C2/C(=O)NC(=O)N(c3cccc(Cl)c3C)C2=O)cc(Br)c1OCC(=O)Nc1ccccc1C. The first-order chi connectivity index (χ1) is 18.6. The van der Waals surface area contributed by atoms with Crippen LogP contribution in [0.5, 0.6) is 11.5 Å². The molecule has 4 rings (SSSR count). The van der Waals surface area contributed by atoms with Crippen LogP contribution < -0.4 is 25.0 Å². The van der Waals surface area contributed by atoms with E-state index in [1.807, 2.05) is 25.1 Å². The third-order valence-corrected chi connectivity index (χ3v) is 6.91. The van der Waals surface area contributed by atoms with Gasteiger partial charge in [-0.3, -0.25) is 19.7 Å². The lowest BCUT2D eigenvalue weighted by Gasteiger charge is -2.27. The molecule has 9 nitrogen and oxygen atoms in total. The summed E-state index contributed by atoms with van der Waals surface area (Å²) in [6.07, 6.45) is 1.33. The molecule has 0 aliphatic carbocycles. The van der Waals surface area contributed by atoms with Crippen LogP contribution in [-0.4, -0.2) is 37.5 Å². The highest BCUT2D eigenvalue weighted by atomic mass is 79.9. The number of nitrogens with zero attached hydrogens (tertiary/aromatic N) is 1. The zero-order valence-corrected chi connectivity index (χ0v) is 23.5. The molecule has 0 spiro atoms. The number of ether oxygens (including phenoxy) is 2. The fourth-order valence-corrected chi connectivity index (χ4v) is 4.63. The van der Waals surface area contributed by atoms with E-state index in [0.29, 0.717) is 26.3 Å². The second-order valence-electron chi connectivity index (χ2n) is 8.53. The molecule has 3 aromatic carbocycles. The standard InChI is InChI=1S/C28H23BrClN3O6/c1-15-7-4-5-9-21(15)31-24(34)14-39-25-19(29)12-17(13-23(25)38-3)11-18-26(35)32-28(37)33(27(18)36)22-10-6-8-20(30)16(22)2/h4-13H,14H2,1-3H3,(H,31,34)(H,32,35,37)/b18-11-. The highest BCUT2D eigenvalue weighted by Gasteiger charge is 2.37. The number of rotatable bonds is 7. The number of hydrogen-bond donors (Lipinski definition) is 2. The maximum atomic E-state index is 13.3. The van der Waals surface area contributed by atoms with E-state index in [1.165, 1.54) is 19.3 Å². The molecule has 11 heteroatoms. The summed E-state index contributed by atoms with van der Waals surface area (Å²) in [6.45, 7) is 3.26. The summed E-state index contributed by atoms with van der Waals surface area (Å²) in [4.78, 5) is 51.8. The lowest BCUT2D eigenvalue weighted by molar-refractivity contribution is -0.122. The highest BCUT2D eigenvalue weighted by molar-refractivity contribution is 9.10. The predicted octanol–water partition coefficient (Wildman–Crippen LogP) is 5.41. The molecule has 0 radical (unpaired) electrons. The van der Waals surface area contributed by atoms with Gasteiger partial charge in [-0.25, -0.2) is 9.69 Å². The molecule has 0 aromatic heterocycles. The van der Waals surface area contributed by atoms with Crippen molar-refractivity contribution in [2.24, 2.45) is 0 Å². The number of methoxy groups -OCH3 is 1. The third-order valence-electron chi connectivity index (χ3n) is 5.91. The normalized spacial score (nSPS) is 14.3. The van der Waals surface area contributed by atoms with Crippen molar-refractivity contribution in [1.82, 2.24) is 5.32 Å². The van der Waals surface area contributed by atoms with Gasteiger partial charge in [0.2, 0.25) is 0 Å². The number of hydrogen-bond acceptors (Lipinski definition) is 6. The minimum absolute atomic E-state index is 0.252. The first-order valence-corrected chi connectivity index (χ1v) is 12.8. The van der Waals surface area contributed by atoms with E-state index in [2.05, 4.69) is 26.6 Å². The molecule has 3 aromatic rings. The molecule has 0 bridgehead atoms. The number of nitrogens with one attached hydrogen (secondary N) is 2. The number of halogens is 2. The first kappa shape index (κ1) is 27.9. The molecular formula is C28H23BrClN3O6. The fraction of sp³-hybridized carbons (Fsp3) is 0.143. The number of barbiturate groups is 1. The molecule has 39 heavy (non-hydrogen) atoms. The van der Waals surface area contributed by atoms with E-state index in [0.717, 1.165) is 10.5 Å². The lowest BCUT2D eigenvalue weighted by Crippen LogP contribution is -2.54. The Morgan fingerprint density at radius 2 is 1.85 bits per heavy atom. The average Bonchev–Trinajstić information content (AvgIpc) is 2.89. The van der Waals surface area contributed by atoms with Crippen LogP contribution in [-0.2, 0) is 14.4 Å². The van der Waals surface area contributed by atoms with Crippen molar-refractivity contribution in [3.8, 4) is 11.5 Å². The van der Waals surface area contributed by atoms with Gasteiger partial charge in [-0.05, 0) is 82.9 Å². The van der Waals surface area contributed by atoms with Crippen LogP contribution in [0.25, 0.3) is 6.08 Å². The van der Waals surface area contributed by atoms with Crippen molar-refractivity contribution in [3.05, 3.63) is 86.4 Å².